The Balaban J connectivity index is 1.64. The van der Waals surface area contributed by atoms with E-state index in [2.05, 4.69) is 17.4 Å². The first kappa shape index (κ1) is 14.6. The molecule has 3 nitrogen and oxygen atoms in total. The molecule has 2 aromatic carbocycles. The van der Waals surface area contributed by atoms with Crippen molar-refractivity contribution in [3.63, 3.8) is 0 Å². The van der Waals surface area contributed by atoms with Crippen molar-refractivity contribution in [1.82, 2.24) is 10.2 Å². The van der Waals surface area contributed by atoms with Crippen molar-refractivity contribution in [2.24, 2.45) is 5.92 Å². The molecule has 1 fully saturated rings. The fraction of sp³-hybridized carbons (Fsp3) is 0.316. The van der Waals surface area contributed by atoms with Crippen molar-refractivity contribution in [3.8, 4) is 0 Å². The van der Waals surface area contributed by atoms with E-state index in [1.54, 1.807) is 4.90 Å². The van der Waals surface area contributed by atoms with Gasteiger partial charge in [-0.1, -0.05) is 60.7 Å². The number of hydrogen-bond donors (Lipinski definition) is 1. The minimum atomic E-state index is -0.00962. The number of urea groups is 1. The maximum absolute atomic E-state index is 12.5. The normalized spacial score (nSPS) is 15.1. The van der Waals surface area contributed by atoms with Crippen LogP contribution in [0.4, 0.5) is 4.79 Å². The van der Waals surface area contributed by atoms with E-state index >= 15 is 0 Å². The third-order valence-electron chi connectivity index (χ3n) is 4.14. The molecule has 1 saturated carbocycles. The van der Waals surface area contributed by atoms with Crippen molar-refractivity contribution in [1.29, 1.82) is 0 Å². The largest absolute Gasteiger partial charge is 0.331 e. The van der Waals surface area contributed by atoms with E-state index < -0.39 is 0 Å². The monoisotopic (exact) mass is 294 g/mol. The van der Waals surface area contributed by atoms with Gasteiger partial charge in [0, 0.05) is 13.6 Å². The summed E-state index contributed by atoms with van der Waals surface area (Å²) in [5.74, 6) is 0.580. The molecule has 0 spiro atoms. The highest BCUT2D eigenvalue weighted by molar-refractivity contribution is 5.74. The summed E-state index contributed by atoms with van der Waals surface area (Å²) in [5, 5.41) is 3.20. The summed E-state index contributed by atoms with van der Waals surface area (Å²) in [7, 11) is 1.84. The second-order valence-electron chi connectivity index (χ2n) is 6.02. The first-order chi connectivity index (χ1) is 10.7. The van der Waals surface area contributed by atoms with Gasteiger partial charge < -0.3 is 10.2 Å². The van der Waals surface area contributed by atoms with E-state index in [1.807, 2.05) is 55.6 Å². The predicted octanol–water partition coefficient (Wildman–Crippen LogP) is 3.98. The third-order valence-corrected chi connectivity index (χ3v) is 4.14. The van der Waals surface area contributed by atoms with Gasteiger partial charge in [-0.25, -0.2) is 4.79 Å². The number of amides is 2. The van der Waals surface area contributed by atoms with Crippen molar-refractivity contribution in [3.05, 3.63) is 71.8 Å². The number of nitrogens with one attached hydrogen (secondary N) is 1. The Labute approximate surface area is 132 Å². The van der Waals surface area contributed by atoms with Crippen LogP contribution in [0.2, 0.25) is 0 Å². The number of hydrogen-bond acceptors (Lipinski definition) is 1. The lowest BCUT2D eigenvalue weighted by atomic mass is 10.0. The first-order valence-electron chi connectivity index (χ1n) is 7.84. The lowest BCUT2D eigenvalue weighted by Gasteiger charge is -2.24. The van der Waals surface area contributed by atoms with E-state index in [4.69, 9.17) is 0 Å². The topological polar surface area (TPSA) is 32.3 Å². The SMILES string of the molecule is CN(Cc1ccccc1)C(=O)NC(c1ccccc1)C1CC1. The van der Waals surface area contributed by atoms with Crippen LogP contribution >= 0.6 is 0 Å². The van der Waals surface area contributed by atoms with Gasteiger partial charge in [0.15, 0.2) is 0 Å². The summed E-state index contributed by atoms with van der Waals surface area (Å²) in [6, 6.07) is 20.5. The van der Waals surface area contributed by atoms with Crippen LogP contribution in [0.15, 0.2) is 60.7 Å². The van der Waals surface area contributed by atoms with Crippen LogP contribution in [0.5, 0.6) is 0 Å². The average molecular weight is 294 g/mol. The number of nitrogens with zero attached hydrogens (tertiary/aromatic N) is 1. The van der Waals surface area contributed by atoms with Gasteiger partial charge in [-0.3, -0.25) is 0 Å². The van der Waals surface area contributed by atoms with Crippen LogP contribution in [0, 0.1) is 5.92 Å². The lowest BCUT2D eigenvalue weighted by Crippen LogP contribution is -2.39. The van der Waals surface area contributed by atoms with Gasteiger partial charge in [-0.15, -0.1) is 0 Å². The van der Waals surface area contributed by atoms with Crippen LogP contribution in [-0.2, 0) is 6.54 Å². The molecule has 1 atom stereocenters. The third kappa shape index (κ3) is 3.67. The second-order valence-corrected chi connectivity index (χ2v) is 6.02. The Kier molecular flexibility index (Phi) is 4.42. The molecule has 0 saturated heterocycles. The van der Waals surface area contributed by atoms with Crippen molar-refractivity contribution in [2.75, 3.05) is 7.05 Å². The molecule has 1 N–H and O–H groups in total. The molecule has 22 heavy (non-hydrogen) atoms. The van der Waals surface area contributed by atoms with E-state index in [1.165, 1.54) is 18.4 Å². The number of rotatable bonds is 5. The average Bonchev–Trinajstić information content (AvgIpc) is 3.39. The van der Waals surface area contributed by atoms with Crippen LogP contribution < -0.4 is 5.32 Å². The Morgan fingerprint density at radius 2 is 1.68 bits per heavy atom. The molecular weight excluding hydrogens is 272 g/mol. The standard InChI is InChI=1S/C19H22N2O/c1-21(14-15-8-4-2-5-9-15)19(22)20-18(17-12-13-17)16-10-6-3-7-11-16/h2-11,17-18H,12-14H2,1H3,(H,20,22). The van der Waals surface area contributed by atoms with Gasteiger partial charge >= 0.3 is 6.03 Å². The molecule has 1 aliphatic carbocycles. The molecule has 1 unspecified atom stereocenters. The Hall–Kier alpha value is -2.29. The number of benzene rings is 2. The molecule has 0 bridgehead atoms. The summed E-state index contributed by atoms with van der Waals surface area (Å²) in [6.45, 7) is 0.624. The summed E-state index contributed by atoms with van der Waals surface area (Å²) in [6.07, 6.45) is 2.39. The van der Waals surface area contributed by atoms with E-state index in [9.17, 15) is 4.79 Å². The van der Waals surface area contributed by atoms with Gasteiger partial charge in [-0.2, -0.15) is 0 Å². The second kappa shape index (κ2) is 6.65. The van der Waals surface area contributed by atoms with E-state index in [0.29, 0.717) is 12.5 Å². The molecule has 0 radical (unpaired) electrons. The first-order valence-corrected chi connectivity index (χ1v) is 7.84. The lowest BCUT2D eigenvalue weighted by molar-refractivity contribution is 0.201. The van der Waals surface area contributed by atoms with Gasteiger partial charge in [0.2, 0.25) is 0 Å². The quantitative estimate of drug-likeness (QED) is 0.889. The summed E-state index contributed by atoms with van der Waals surface area (Å²) in [4.78, 5) is 14.2. The Morgan fingerprint density at radius 3 is 2.27 bits per heavy atom. The van der Waals surface area contributed by atoms with E-state index in [-0.39, 0.29) is 12.1 Å². The van der Waals surface area contributed by atoms with Gasteiger partial charge in [-0.05, 0) is 29.9 Å². The zero-order chi connectivity index (χ0) is 15.4. The zero-order valence-electron chi connectivity index (χ0n) is 12.9. The summed E-state index contributed by atoms with van der Waals surface area (Å²) < 4.78 is 0. The fourth-order valence-electron chi connectivity index (χ4n) is 2.74. The van der Waals surface area contributed by atoms with Gasteiger partial charge in [0.25, 0.3) is 0 Å². The van der Waals surface area contributed by atoms with Crippen molar-refractivity contribution < 1.29 is 4.79 Å². The predicted molar refractivity (Wildman–Crippen MR) is 88.3 cm³/mol. The van der Waals surface area contributed by atoms with Gasteiger partial charge in [0.1, 0.15) is 0 Å². The van der Waals surface area contributed by atoms with Crippen LogP contribution in [0.3, 0.4) is 0 Å². The maximum Gasteiger partial charge on any atom is 0.317 e. The smallest absolute Gasteiger partial charge is 0.317 e. The highest BCUT2D eigenvalue weighted by Crippen LogP contribution is 2.41. The molecule has 2 aromatic rings. The molecule has 0 aromatic heterocycles. The van der Waals surface area contributed by atoms with E-state index in [0.717, 1.165) is 5.56 Å². The highest BCUT2D eigenvalue weighted by Gasteiger charge is 2.33. The molecule has 0 heterocycles. The Bertz CT molecular complexity index is 608. The zero-order valence-corrected chi connectivity index (χ0v) is 12.9. The molecular formula is C19H22N2O. The van der Waals surface area contributed by atoms with Crippen LogP contribution in [-0.4, -0.2) is 18.0 Å². The van der Waals surface area contributed by atoms with Crippen LogP contribution in [0.25, 0.3) is 0 Å². The minimum Gasteiger partial charge on any atom is -0.331 e. The number of carbonyl (C=O) groups excluding carboxylic acids is 1. The number of carbonyl (C=O) groups is 1. The summed E-state index contributed by atoms with van der Waals surface area (Å²) in [5.41, 5.74) is 2.34. The molecule has 114 valence electrons. The van der Waals surface area contributed by atoms with Crippen molar-refractivity contribution >= 4 is 6.03 Å². The maximum atomic E-state index is 12.5. The highest BCUT2D eigenvalue weighted by atomic mass is 16.2. The molecule has 3 heteroatoms. The molecule has 1 aliphatic rings. The van der Waals surface area contributed by atoms with Crippen LogP contribution in [0.1, 0.15) is 30.0 Å². The summed E-state index contributed by atoms with van der Waals surface area (Å²) >= 11 is 0. The Morgan fingerprint density at radius 1 is 1.09 bits per heavy atom. The minimum absolute atomic E-state index is 0.00962. The van der Waals surface area contributed by atoms with Crippen molar-refractivity contribution in [2.45, 2.75) is 25.4 Å². The molecule has 3 rings (SSSR count). The van der Waals surface area contributed by atoms with Gasteiger partial charge in [0.05, 0.1) is 6.04 Å². The fourth-order valence-corrected chi connectivity index (χ4v) is 2.74. The molecule has 0 aliphatic heterocycles. The molecule has 2 amide bonds.